The number of H-pyrrole nitrogens is 1. The van der Waals surface area contributed by atoms with E-state index in [4.69, 9.17) is 4.42 Å². The van der Waals surface area contributed by atoms with Crippen LogP contribution in [0.5, 0.6) is 0 Å². The summed E-state index contributed by atoms with van der Waals surface area (Å²) in [5.74, 6) is 0.776. The van der Waals surface area contributed by atoms with Gasteiger partial charge in [-0.15, -0.1) is 11.3 Å². The summed E-state index contributed by atoms with van der Waals surface area (Å²) in [5.41, 5.74) is 3.93. The minimum absolute atomic E-state index is 0.133. The van der Waals surface area contributed by atoms with Gasteiger partial charge < -0.3 is 4.42 Å². The molecule has 0 saturated heterocycles. The van der Waals surface area contributed by atoms with Crippen LogP contribution in [-0.4, -0.2) is 30.7 Å². The zero-order chi connectivity index (χ0) is 21.8. The molecule has 3 heterocycles. The Bertz CT molecular complexity index is 1340. The summed E-state index contributed by atoms with van der Waals surface area (Å²) in [4.78, 5) is 12.6. The molecule has 0 saturated carbocycles. The van der Waals surface area contributed by atoms with Crippen molar-refractivity contribution in [3.63, 3.8) is 0 Å². The molecule has 4 aromatic rings. The first-order valence-corrected chi connectivity index (χ1v) is 11.4. The second kappa shape index (κ2) is 8.58. The predicted octanol–water partition coefficient (Wildman–Crippen LogP) is 3.60. The van der Waals surface area contributed by atoms with E-state index in [9.17, 15) is 13.2 Å². The van der Waals surface area contributed by atoms with Crippen LogP contribution in [0, 0.1) is 6.92 Å². The number of furan rings is 1. The number of hydrogen-bond acceptors (Lipinski definition) is 7. The van der Waals surface area contributed by atoms with Crippen LogP contribution in [0.4, 0.5) is 5.69 Å². The van der Waals surface area contributed by atoms with Crippen LogP contribution in [0.25, 0.3) is 11.5 Å². The fraction of sp³-hybridized carbons (Fsp3) is 0.0500. The molecule has 3 aromatic heterocycles. The smallest absolute Gasteiger partial charge is 0.273 e. The maximum atomic E-state index is 12.6. The number of hydrogen-bond donors (Lipinski definition) is 3. The van der Waals surface area contributed by atoms with Crippen molar-refractivity contribution < 1.29 is 17.6 Å². The van der Waals surface area contributed by atoms with Gasteiger partial charge in [-0.05, 0) is 42.6 Å². The normalized spacial score (nSPS) is 11.6. The molecule has 31 heavy (non-hydrogen) atoms. The molecule has 3 N–H and O–H groups in total. The number of para-hydroxylation sites is 1. The number of nitrogens with zero attached hydrogens (tertiary/aromatic N) is 2. The number of sulfonamides is 1. The van der Waals surface area contributed by atoms with Gasteiger partial charge in [-0.1, -0.05) is 18.2 Å². The summed E-state index contributed by atoms with van der Waals surface area (Å²) in [6, 6.07) is 13.0. The van der Waals surface area contributed by atoms with E-state index in [2.05, 4.69) is 25.4 Å². The van der Waals surface area contributed by atoms with Crippen molar-refractivity contribution in [2.75, 3.05) is 4.72 Å². The maximum Gasteiger partial charge on any atom is 0.273 e. The van der Waals surface area contributed by atoms with Gasteiger partial charge >= 0.3 is 0 Å². The topological polar surface area (TPSA) is 129 Å². The van der Waals surface area contributed by atoms with Crippen LogP contribution in [0.2, 0.25) is 0 Å². The third-order valence-electron chi connectivity index (χ3n) is 4.20. The quantitative estimate of drug-likeness (QED) is 0.290. The molecule has 0 radical (unpaired) electrons. The number of aromatic nitrogens is 2. The van der Waals surface area contributed by atoms with Crippen LogP contribution in [0.1, 0.15) is 21.7 Å². The third kappa shape index (κ3) is 4.57. The van der Waals surface area contributed by atoms with E-state index in [1.54, 1.807) is 35.8 Å². The first-order chi connectivity index (χ1) is 14.9. The average Bonchev–Trinajstić information content (AvgIpc) is 3.50. The second-order valence-electron chi connectivity index (χ2n) is 6.39. The molecule has 0 fully saturated rings. The molecular formula is C20H17N5O4S2. The van der Waals surface area contributed by atoms with Gasteiger partial charge in [0.05, 0.1) is 23.7 Å². The molecule has 1 amide bonds. The number of amides is 1. The minimum Gasteiger partial charge on any atom is -0.460 e. The maximum absolute atomic E-state index is 12.6. The van der Waals surface area contributed by atoms with Crippen LogP contribution < -0.4 is 10.1 Å². The number of aryl methyl sites for hydroxylation is 1. The lowest BCUT2D eigenvalue weighted by Crippen LogP contribution is -2.21. The highest BCUT2D eigenvalue weighted by atomic mass is 32.2. The van der Waals surface area contributed by atoms with Crippen molar-refractivity contribution >= 4 is 39.2 Å². The Morgan fingerprint density at radius 2 is 2.03 bits per heavy atom. The molecule has 0 bridgehead atoms. The van der Waals surface area contributed by atoms with Crippen molar-refractivity contribution in [1.82, 2.24) is 15.6 Å². The number of benzene rings is 1. The number of carbonyl (C=O) groups excluding carboxylic acids is 1. The highest BCUT2D eigenvalue weighted by Crippen LogP contribution is 2.24. The summed E-state index contributed by atoms with van der Waals surface area (Å²) in [7, 11) is -3.79. The van der Waals surface area contributed by atoms with Gasteiger partial charge in [0.25, 0.3) is 15.9 Å². The predicted molar refractivity (Wildman–Crippen MR) is 118 cm³/mol. The van der Waals surface area contributed by atoms with Gasteiger partial charge in [0.15, 0.2) is 5.76 Å². The Kier molecular flexibility index (Phi) is 5.69. The highest BCUT2D eigenvalue weighted by Gasteiger charge is 2.19. The Labute approximate surface area is 181 Å². The Balaban J connectivity index is 1.50. The second-order valence-corrected chi connectivity index (χ2v) is 9.25. The van der Waals surface area contributed by atoms with Crippen molar-refractivity contribution in [1.29, 1.82) is 0 Å². The summed E-state index contributed by atoms with van der Waals surface area (Å²) in [5, 5.41) is 12.4. The first-order valence-electron chi connectivity index (χ1n) is 9.03. The summed E-state index contributed by atoms with van der Waals surface area (Å²) >= 11 is 1.09. The Hall–Kier alpha value is -3.70. The summed E-state index contributed by atoms with van der Waals surface area (Å²) < 4.78 is 33.2. The van der Waals surface area contributed by atoms with Crippen molar-refractivity contribution in [3.8, 4) is 11.5 Å². The molecular weight excluding hydrogens is 438 g/mol. The van der Waals surface area contributed by atoms with Gasteiger partial charge in [0.2, 0.25) is 0 Å². The highest BCUT2D eigenvalue weighted by molar-refractivity contribution is 7.94. The molecule has 11 heteroatoms. The van der Waals surface area contributed by atoms with Crippen molar-refractivity contribution in [3.05, 3.63) is 77.0 Å². The molecule has 0 aliphatic rings. The third-order valence-corrected chi connectivity index (χ3v) is 6.96. The monoisotopic (exact) mass is 455 g/mol. The SMILES string of the molecule is Cc1ccc(-c2[nH]ncc2/C=N/NC(=O)c2ccccc2NS(=O)(=O)c2cccs2)o1. The number of rotatable bonds is 7. The number of thiophene rings is 1. The molecule has 9 nitrogen and oxygen atoms in total. The molecule has 0 aliphatic heterocycles. The summed E-state index contributed by atoms with van der Waals surface area (Å²) in [6.45, 7) is 1.83. The fourth-order valence-corrected chi connectivity index (χ4v) is 4.83. The number of anilines is 1. The molecule has 158 valence electrons. The van der Waals surface area contributed by atoms with Crippen LogP contribution in [-0.2, 0) is 10.0 Å². The van der Waals surface area contributed by atoms with Crippen LogP contribution in [0.15, 0.2) is 73.8 Å². The summed E-state index contributed by atoms with van der Waals surface area (Å²) in [6.07, 6.45) is 2.97. The zero-order valence-electron chi connectivity index (χ0n) is 16.2. The van der Waals surface area contributed by atoms with E-state index in [0.29, 0.717) is 17.0 Å². The Morgan fingerprint density at radius 1 is 1.19 bits per heavy atom. The van der Waals surface area contributed by atoms with E-state index in [1.807, 2.05) is 13.0 Å². The molecule has 0 atom stereocenters. The van der Waals surface area contributed by atoms with Gasteiger partial charge in [-0.25, -0.2) is 13.8 Å². The van der Waals surface area contributed by atoms with E-state index >= 15 is 0 Å². The molecule has 0 aliphatic carbocycles. The van der Waals surface area contributed by atoms with Gasteiger partial charge in [0.1, 0.15) is 15.7 Å². The van der Waals surface area contributed by atoms with Gasteiger partial charge in [-0.2, -0.15) is 10.2 Å². The number of hydrazone groups is 1. The van der Waals surface area contributed by atoms with Crippen molar-refractivity contribution in [2.45, 2.75) is 11.1 Å². The zero-order valence-corrected chi connectivity index (χ0v) is 17.8. The van der Waals surface area contributed by atoms with E-state index in [-0.39, 0.29) is 15.5 Å². The standard InChI is InChI=1S/C20H17N5O4S2/c1-13-8-9-17(29-13)19-14(11-21-23-19)12-22-24-20(26)15-5-2-3-6-16(15)25-31(27,28)18-7-4-10-30-18/h2-12,25H,1H3,(H,21,23)(H,24,26)/b22-12+. The lowest BCUT2D eigenvalue weighted by molar-refractivity contribution is 0.0956. The average molecular weight is 456 g/mol. The molecule has 1 aromatic carbocycles. The number of carbonyl (C=O) groups is 1. The lowest BCUT2D eigenvalue weighted by Gasteiger charge is -2.10. The van der Waals surface area contributed by atoms with E-state index in [0.717, 1.165) is 17.1 Å². The van der Waals surface area contributed by atoms with E-state index < -0.39 is 15.9 Å². The minimum atomic E-state index is -3.79. The molecule has 0 unspecified atom stereocenters. The van der Waals surface area contributed by atoms with Crippen LogP contribution in [0.3, 0.4) is 0 Å². The van der Waals surface area contributed by atoms with E-state index in [1.165, 1.54) is 24.4 Å². The van der Waals surface area contributed by atoms with Crippen molar-refractivity contribution in [2.24, 2.45) is 5.10 Å². The number of aromatic amines is 1. The Morgan fingerprint density at radius 3 is 2.77 bits per heavy atom. The largest absolute Gasteiger partial charge is 0.460 e. The van der Waals surface area contributed by atoms with Gasteiger partial charge in [-0.3, -0.25) is 14.6 Å². The van der Waals surface area contributed by atoms with Crippen LogP contribution >= 0.6 is 11.3 Å². The van der Waals surface area contributed by atoms with Gasteiger partial charge in [0, 0.05) is 5.56 Å². The first kappa shape index (κ1) is 20.6. The molecule has 0 spiro atoms. The molecule has 4 rings (SSSR count). The number of nitrogens with one attached hydrogen (secondary N) is 3. The fourth-order valence-electron chi connectivity index (χ4n) is 2.76. The lowest BCUT2D eigenvalue weighted by atomic mass is 10.2.